The van der Waals surface area contributed by atoms with E-state index >= 15 is 0 Å². The average Bonchev–Trinajstić information content (AvgIpc) is 2.58. The van der Waals surface area contributed by atoms with Crippen molar-refractivity contribution in [3.8, 4) is 0 Å². The molecule has 0 radical (unpaired) electrons. The monoisotopic (exact) mass is 275 g/mol. The summed E-state index contributed by atoms with van der Waals surface area (Å²) in [5.41, 5.74) is 5.12. The highest BCUT2D eigenvalue weighted by atomic mass is 16.4. The van der Waals surface area contributed by atoms with Crippen molar-refractivity contribution in [1.29, 1.82) is 0 Å². The summed E-state index contributed by atoms with van der Waals surface area (Å²) in [5.74, 6) is -0.672. The molecule has 0 spiro atoms. The highest BCUT2D eigenvalue weighted by Crippen LogP contribution is 2.23. The molecule has 1 fully saturated rings. The van der Waals surface area contributed by atoms with E-state index in [9.17, 15) is 9.90 Å². The lowest BCUT2D eigenvalue weighted by Gasteiger charge is -2.28. The first-order valence-corrected chi connectivity index (χ1v) is 7.52. The van der Waals surface area contributed by atoms with Crippen molar-refractivity contribution in [3.05, 3.63) is 34.4 Å². The minimum Gasteiger partial charge on any atom is -0.480 e. The summed E-state index contributed by atoms with van der Waals surface area (Å²) in [6.45, 7) is 8.01. The second kappa shape index (κ2) is 6.40. The van der Waals surface area contributed by atoms with Crippen molar-refractivity contribution >= 4 is 5.97 Å². The number of aryl methyl sites for hydroxylation is 3. The molecule has 3 nitrogen and oxygen atoms in total. The van der Waals surface area contributed by atoms with E-state index in [0.717, 1.165) is 38.8 Å². The zero-order valence-corrected chi connectivity index (χ0v) is 12.8. The Morgan fingerprint density at radius 2 is 1.85 bits per heavy atom. The Bertz CT molecular complexity index is 473. The van der Waals surface area contributed by atoms with Crippen LogP contribution in [0.3, 0.4) is 0 Å². The molecular weight excluding hydrogens is 250 g/mol. The van der Waals surface area contributed by atoms with E-state index in [1.807, 2.05) is 0 Å². The van der Waals surface area contributed by atoms with Gasteiger partial charge in [-0.25, -0.2) is 0 Å². The van der Waals surface area contributed by atoms with Crippen LogP contribution in [0.1, 0.15) is 47.9 Å². The fourth-order valence-corrected chi connectivity index (χ4v) is 3.30. The van der Waals surface area contributed by atoms with Gasteiger partial charge in [0.15, 0.2) is 0 Å². The van der Waals surface area contributed by atoms with Crippen molar-refractivity contribution in [2.75, 3.05) is 6.54 Å². The molecule has 1 unspecified atom stereocenters. The van der Waals surface area contributed by atoms with Gasteiger partial charge in [0.05, 0.1) is 0 Å². The zero-order valence-electron chi connectivity index (χ0n) is 12.8. The lowest BCUT2D eigenvalue weighted by molar-refractivity contribution is -0.143. The molecule has 0 saturated carbocycles. The standard InChI is InChI=1S/C17H25NO2/c1-12-9-13(2)15(14(3)10-12)11-18-8-6-4-5-7-16(18)17(19)20/h9-10,16H,4-8,11H2,1-3H3,(H,19,20). The van der Waals surface area contributed by atoms with Gasteiger partial charge >= 0.3 is 5.97 Å². The summed E-state index contributed by atoms with van der Waals surface area (Å²) in [7, 11) is 0. The van der Waals surface area contributed by atoms with Crippen LogP contribution in [0.25, 0.3) is 0 Å². The van der Waals surface area contributed by atoms with E-state index in [1.165, 1.54) is 22.3 Å². The molecule has 2 rings (SSSR count). The molecular formula is C17H25NO2. The largest absolute Gasteiger partial charge is 0.480 e. The number of benzene rings is 1. The maximum atomic E-state index is 11.5. The fraction of sp³-hybridized carbons (Fsp3) is 0.588. The molecule has 1 aliphatic rings. The van der Waals surface area contributed by atoms with Crippen LogP contribution in [0, 0.1) is 20.8 Å². The van der Waals surface area contributed by atoms with Gasteiger partial charge in [0.1, 0.15) is 6.04 Å². The topological polar surface area (TPSA) is 40.5 Å². The van der Waals surface area contributed by atoms with Gasteiger partial charge in [-0.3, -0.25) is 9.69 Å². The molecule has 1 saturated heterocycles. The highest BCUT2D eigenvalue weighted by molar-refractivity contribution is 5.73. The van der Waals surface area contributed by atoms with Gasteiger partial charge in [-0.05, 0) is 56.8 Å². The van der Waals surface area contributed by atoms with Crippen LogP contribution < -0.4 is 0 Å². The van der Waals surface area contributed by atoms with Crippen molar-refractivity contribution in [1.82, 2.24) is 4.90 Å². The van der Waals surface area contributed by atoms with Crippen LogP contribution in [0.5, 0.6) is 0 Å². The number of hydrogen-bond acceptors (Lipinski definition) is 2. The lowest BCUT2D eigenvalue weighted by atomic mass is 9.98. The number of likely N-dealkylation sites (tertiary alicyclic amines) is 1. The molecule has 0 aliphatic carbocycles. The summed E-state index contributed by atoms with van der Waals surface area (Å²) in [4.78, 5) is 13.6. The van der Waals surface area contributed by atoms with Gasteiger partial charge in [-0.2, -0.15) is 0 Å². The number of hydrogen-bond donors (Lipinski definition) is 1. The van der Waals surface area contributed by atoms with Gasteiger partial charge in [0, 0.05) is 6.54 Å². The number of carbonyl (C=O) groups is 1. The fourth-order valence-electron chi connectivity index (χ4n) is 3.30. The molecule has 0 aromatic heterocycles. The van der Waals surface area contributed by atoms with Crippen LogP contribution in [0.4, 0.5) is 0 Å². The summed E-state index contributed by atoms with van der Waals surface area (Å²) < 4.78 is 0. The van der Waals surface area contributed by atoms with E-state index in [-0.39, 0.29) is 6.04 Å². The van der Waals surface area contributed by atoms with Gasteiger partial charge in [0.2, 0.25) is 0 Å². The van der Waals surface area contributed by atoms with Crippen molar-refractivity contribution in [2.45, 2.75) is 59.0 Å². The minimum atomic E-state index is -0.672. The number of carboxylic acids is 1. The Labute approximate surface area is 121 Å². The average molecular weight is 275 g/mol. The van der Waals surface area contributed by atoms with Gasteiger partial charge in [-0.1, -0.05) is 30.5 Å². The van der Waals surface area contributed by atoms with Gasteiger partial charge in [0.25, 0.3) is 0 Å². The van der Waals surface area contributed by atoms with Crippen molar-refractivity contribution < 1.29 is 9.90 Å². The smallest absolute Gasteiger partial charge is 0.320 e. The third-order valence-electron chi connectivity index (χ3n) is 4.35. The van der Waals surface area contributed by atoms with Gasteiger partial charge < -0.3 is 5.11 Å². The van der Waals surface area contributed by atoms with E-state index in [1.54, 1.807) is 0 Å². The van der Waals surface area contributed by atoms with E-state index in [0.29, 0.717) is 0 Å². The van der Waals surface area contributed by atoms with E-state index in [4.69, 9.17) is 0 Å². The SMILES string of the molecule is Cc1cc(C)c(CN2CCCCCC2C(=O)O)c(C)c1. The molecule has 1 aromatic carbocycles. The summed E-state index contributed by atoms with van der Waals surface area (Å²) in [6.07, 6.45) is 4.05. The number of rotatable bonds is 3. The summed E-state index contributed by atoms with van der Waals surface area (Å²) >= 11 is 0. The van der Waals surface area contributed by atoms with Crippen LogP contribution >= 0.6 is 0 Å². The first kappa shape index (κ1) is 15.0. The predicted molar refractivity (Wildman–Crippen MR) is 81.0 cm³/mol. The molecule has 3 heteroatoms. The van der Waals surface area contributed by atoms with Gasteiger partial charge in [-0.15, -0.1) is 0 Å². The lowest BCUT2D eigenvalue weighted by Crippen LogP contribution is -2.40. The molecule has 1 aliphatic heterocycles. The maximum absolute atomic E-state index is 11.5. The molecule has 1 aromatic rings. The summed E-state index contributed by atoms with van der Waals surface area (Å²) in [6, 6.07) is 4.06. The number of carboxylic acid groups (broad SMARTS) is 1. The van der Waals surface area contributed by atoms with E-state index < -0.39 is 5.97 Å². The van der Waals surface area contributed by atoms with Crippen LogP contribution in [-0.4, -0.2) is 28.6 Å². The number of nitrogens with zero attached hydrogens (tertiary/aromatic N) is 1. The predicted octanol–water partition coefficient (Wildman–Crippen LogP) is 3.44. The Morgan fingerprint density at radius 3 is 2.45 bits per heavy atom. The molecule has 1 heterocycles. The molecule has 1 N–H and O–H groups in total. The van der Waals surface area contributed by atoms with Crippen LogP contribution in [0.15, 0.2) is 12.1 Å². The maximum Gasteiger partial charge on any atom is 0.320 e. The second-order valence-corrected chi connectivity index (χ2v) is 6.05. The third-order valence-corrected chi connectivity index (χ3v) is 4.35. The first-order valence-electron chi connectivity index (χ1n) is 7.52. The molecule has 20 heavy (non-hydrogen) atoms. The van der Waals surface area contributed by atoms with Crippen LogP contribution in [-0.2, 0) is 11.3 Å². The molecule has 1 atom stereocenters. The summed E-state index contributed by atoms with van der Waals surface area (Å²) in [5, 5.41) is 9.45. The minimum absolute atomic E-state index is 0.322. The Morgan fingerprint density at radius 1 is 1.20 bits per heavy atom. The van der Waals surface area contributed by atoms with Crippen molar-refractivity contribution in [2.24, 2.45) is 0 Å². The van der Waals surface area contributed by atoms with E-state index in [2.05, 4.69) is 37.8 Å². The Hall–Kier alpha value is -1.35. The van der Waals surface area contributed by atoms with Crippen molar-refractivity contribution in [3.63, 3.8) is 0 Å². The molecule has 0 amide bonds. The third kappa shape index (κ3) is 3.40. The molecule has 110 valence electrons. The normalized spacial score (nSPS) is 20.6. The second-order valence-electron chi connectivity index (χ2n) is 6.05. The highest BCUT2D eigenvalue weighted by Gasteiger charge is 2.27. The Kier molecular flexibility index (Phi) is 4.81. The molecule has 0 bridgehead atoms. The zero-order chi connectivity index (χ0) is 14.7. The Balaban J connectivity index is 2.24. The van der Waals surface area contributed by atoms with Crippen LogP contribution in [0.2, 0.25) is 0 Å². The first-order chi connectivity index (χ1) is 9.49. The number of aliphatic carboxylic acids is 1. The quantitative estimate of drug-likeness (QED) is 0.918.